The number of benzene rings is 2. The number of carbonyl (C=O) groups is 1. The quantitative estimate of drug-likeness (QED) is 0.629. The average molecular weight is 431 g/mol. The minimum absolute atomic E-state index is 0.276. The molecule has 1 heterocycles. The molecule has 0 radical (unpaired) electrons. The molecule has 1 aromatic heterocycles. The first-order valence-electron chi connectivity index (χ1n) is 9.33. The fraction of sp³-hybridized carbons (Fsp3) is 0.227. The topological polar surface area (TPSA) is 73.2 Å². The van der Waals surface area contributed by atoms with Gasteiger partial charge in [-0.1, -0.05) is 18.2 Å². The number of nitrogens with one attached hydrogen (secondary N) is 1. The van der Waals surface area contributed by atoms with Gasteiger partial charge in [0.1, 0.15) is 17.6 Å². The number of ether oxygens (including phenoxy) is 1. The third kappa shape index (κ3) is 4.93. The fourth-order valence-corrected chi connectivity index (χ4v) is 2.88. The minimum atomic E-state index is -3.21. The number of hydrogen-bond acceptors (Lipinski definition) is 4. The number of anilines is 1. The lowest BCUT2D eigenvalue weighted by atomic mass is 10.1. The van der Waals surface area contributed by atoms with Crippen molar-refractivity contribution in [3.05, 3.63) is 76.3 Å². The van der Waals surface area contributed by atoms with E-state index in [1.807, 2.05) is 0 Å². The number of nitrogens with zero attached hydrogens (tertiary/aromatic N) is 2. The predicted octanol–water partition coefficient (Wildman–Crippen LogP) is 4.37. The van der Waals surface area contributed by atoms with Gasteiger partial charge in [-0.2, -0.15) is 5.10 Å². The van der Waals surface area contributed by atoms with E-state index in [4.69, 9.17) is 4.74 Å². The summed E-state index contributed by atoms with van der Waals surface area (Å²) in [5.41, 5.74) is -0.223. The monoisotopic (exact) mass is 431 g/mol. The van der Waals surface area contributed by atoms with Crippen molar-refractivity contribution < 1.29 is 22.7 Å². The Morgan fingerprint density at radius 3 is 2.55 bits per heavy atom. The van der Waals surface area contributed by atoms with Crippen LogP contribution in [0.1, 0.15) is 25.5 Å². The molecule has 6 nitrogen and oxygen atoms in total. The van der Waals surface area contributed by atoms with Gasteiger partial charge in [-0.25, -0.2) is 17.9 Å². The zero-order chi connectivity index (χ0) is 22.8. The lowest BCUT2D eigenvalue weighted by Gasteiger charge is -2.16. The molecule has 0 saturated carbocycles. The van der Waals surface area contributed by atoms with E-state index < -0.39 is 34.8 Å². The molecule has 9 heteroatoms. The van der Waals surface area contributed by atoms with Crippen molar-refractivity contribution >= 4 is 11.6 Å². The maximum Gasteiger partial charge on any atom is 0.270 e. The molecule has 0 bridgehead atoms. The molecule has 0 aliphatic carbocycles. The molecule has 1 N–H and O–H groups in total. The second-order valence-corrected chi connectivity index (χ2v) is 6.98. The van der Waals surface area contributed by atoms with E-state index in [0.717, 1.165) is 16.8 Å². The fourth-order valence-electron chi connectivity index (χ4n) is 2.88. The van der Waals surface area contributed by atoms with Gasteiger partial charge in [-0.15, -0.1) is 0 Å². The second kappa shape index (κ2) is 8.63. The van der Waals surface area contributed by atoms with Gasteiger partial charge in [0, 0.05) is 24.1 Å². The number of hydrogen-bond donors (Lipinski definition) is 1. The van der Waals surface area contributed by atoms with Crippen LogP contribution in [0, 0.1) is 5.82 Å². The average Bonchev–Trinajstić information content (AvgIpc) is 2.74. The summed E-state index contributed by atoms with van der Waals surface area (Å²) in [6, 6.07) is 11.4. The number of rotatable bonds is 6. The number of amides is 1. The molecule has 2 aromatic carbocycles. The van der Waals surface area contributed by atoms with Crippen LogP contribution in [0.3, 0.4) is 0 Å². The van der Waals surface area contributed by atoms with E-state index >= 15 is 0 Å². The van der Waals surface area contributed by atoms with Crippen molar-refractivity contribution in [2.45, 2.75) is 25.8 Å². The number of halogens is 3. The molecular formula is C22H20F3N3O3. The first kappa shape index (κ1) is 22.1. The van der Waals surface area contributed by atoms with Crippen LogP contribution in [0.4, 0.5) is 18.9 Å². The van der Waals surface area contributed by atoms with Crippen molar-refractivity contribution in [3.8, 4) is 17.0 Å². The van der Waals surface area contributed by atoms with Crippen LogP contribution in [0.15, 0.2) is 59.4 Å². The summed E-state index contributed by atoms with van der Waals surface area (Å²) >= 11 is 0. The van der Waals surface area contributed by atoms with Crippen LogP contribution in [0.5, 0.6) is 5.75 Å². The molecule has 1 atom stereocenters. The van der Waals surface area contributed by atoms with Gasteiger partial charge in [0.2, 0.25) is 5.91 Å². The van der Waals surface area contributed by atoms with Gasteiger partial charge in [0.15, 0.2) is 0 Å². The van der Waals surface area contributed by atoms with E-state index in [1.165, 1.54) is 26.2 Å². The Bertz CT molecular complexity index is 1170. The molecule has 0 spiro atoms. The van der Waals surface area contributed by atoms with Gasteiger partial charge in [-0.05, 0) is 37.3 Å². The molecule has 3 aromatic rings. The Labute approximate surface area is 176 Å². The summed E-state index contributed by atoms with van der Waals surface area (Å²) in [4.78, 5) is 24.9. The van der Waals surface area contributed by atoms with Gasteiger partial charge >= 0.3 is 0 Å². The highest BCUT2D eigenvalue weighted by molar-refractivity contribution is 5.93. The Balaban J connectivity index is 1.86. The molecule has 1 amide bonds. The summed E-state index contributed by atoms with van der Waals surface area (Å²) in [5.74, 6) is -4.36. The largest absolute Gasteiger partial charge is 0.497 e. The first-order chi connectivity index (χ1) is 14.6. The summed E-state index contributed by atoms with van der Waals surface area (Å²) in [6.07, 6.45) is 0. The molecule has 3 rings (SSSR count). The minimum Gasteiger partial charge on any atom is -0.497 e. The molecular weight excluding hydrogens is 411 g/mol. The smallest absolute Gasteiger partial charge is 0.270 e. The maximum atomic E-state index is 14.2. The van der Waals surface area contributed by atoms with Gasteiger partial charge in [0.25, 0.3) is 11.5 Å². The van der Waals surface area contributed by atoms with E-state index in [0.29, 0.717) is 30.0 Å². The van der Waals surface area contributed by atoms with Crippen molar-refractivity contribution in [2.75, 3.05) is 12.4 Å². The molecule has 0 aliphatic heterocycles. The van der Waals surface area contributed by atoms with Gasteiger partial charge < -0.3 is 10.1 Å². The molecule has 31 heavy (non-hydrogen) atoms. The zero-order valence-corrected chi connectivity index (χ0v) is 17.0. The summed E-state index contributed by atoms with van der Waals surface area (Å²) in [5, 5.41) is 6.56. The van der Waals surface area contributed by atoms with Crippen LogP contribution in [-0.2, 0) is 10.7 Å². The molecule has 1 unspecified atom stereocenters. The Morgan fingerprint density at radius 1 is 1.16 bits per heavy atom. The van der Waals surface area contributed by atoms with Crippen molar-refractivity contribution in [1.82, 2.24) is 9.78 Å². The van der Waals surface area contributed by atoms with Crippen molar-refractivity contribution in [1.29, 1.82) is 0 Å². The maximum absolute atomic E-state index is 14.2. The summed E-state index contributed by atoms with van der Waals surface area (Å²) < 4.78 is 47.0. The predicted molar refractivity (Wildman–Crippen MR) is 110 cm³/mol. The van der Waals surface area contributed by atoms with E-state index in [9.17, 15) is 22.8 Å². The second-order valence-electron chi connectivity index (χ2n) is 6.98. The third-order valence-electron chi connectivity index (χ3n) is 4.67. The normalized spacial score (nSPS) is 12.3. The standard InChI is InChI=1S/C22H20F3N3O3/c1-13(21(30)26-19-8-7-15(12-17(19)23)22(2,24)25)28-20(29)10-9-18(27-28)14-5-4-6-16(11-14)31-3/h4-13H,1-3H3,(H,26,30). The van der Waals surface area contributed by atoms with Crippen LogP contribution in [0.25, 0.3) is 11.3 Å². The van der Waals surface area contributed by atoms with Crippen molar-refractivity contribution in [2.24, 2.45) is 0 Å². The molecule has 0 saturated heterocycles. The van der Waals surface area contributed by atoms with Crippen LogP contribution < -0.4 is 15.6 Å². The highest BCUT2D eigenvalue weighted by Gasteiger charge is 2.26. The first-order valence-corrected chi connectivity index (χ1v) is 9.33. The lowest BCUT2D eigenvalue weighted by Crippen LogP contribution is -2.33. The number of alkyl halides is 2. The molecule has 0 aliphatic rings. The lowest BCUT2D eigenvalue weighted by molar-refractivity contribution is -0.119. The highest BCUT2D eigenvalue weighted by Crippen LogP contribution is 2.29. The van der Waals surface area contributed by atoms with Gasteiger partial charge in [0.05, 0.1) is 18.5 Å². The van der Waals surface area contributed by atoms with E-state index in [-0.39, 0.29) is 5.69 Å². The Hall–Kier alpha value is -3.62. The van der Waals surface area contributed by atoms with E-state index in [2.05, 4.69) is 10.4 Å². The number of aromatic nitrogens is 2. The molecule has 162 valence electrons. The Morgan fingerprint density at radius 2 is 1.90 bits per heavy atom. The van der Waals surface area contributed by atoms with Crippen LogP contribution in [-0.4, -0.2) is 22.8 Å². The van der Waals surface area contributed by atoms with Crippen molar-refractivity contribution in [3.63, 3.8) is 0 Å². The number of methoxy groups -OCH3 is 1. The third-order valence-corrected chi connectivity index (χ3v) is 4.67. The molecule has 0 fully saturated rings. The SMILES string of the molecule is COc1cccc(-c2ccc(=O)n(C(C)C(=O)Nc3ccc(C(C)(F)F)cc3F)n2)c1. The van der Waals surface area contributed by atoms with Gasteiger partial charge in [-0.3, -0.25) is 9.59 Å². The summed E-state index contributed by atoms with van der Waals surface area (Å²) in [7, 11) is 1.52. The summed E-state index contributed by atoms with van der Waals surface area (Å²) in [6.45, 7) is 2.07. The van der Waals surface area contributed by atoms with Crippen LogP contribution >= 0.6 is 0 Å². The number of carbonyl (C=O) groups excluding carboxylic acids is 1. The highest BCUT2D eigenvalue weighted by atomic mass is 19.3. The zero-order valence-electron chi connectivity index (χ0n) is 17.0. The van der Waals surface area contributed by atoms with Crippen LogP contribution in [0.2, 0.25) is 0 Å². The van der Waals surface area contributed by atoms with E-state index in [1.54, 1.807) is 24.3 Å². The Kier molecular flexibility index (Phi) is 6.14.